The van der Waals surface area contributed by atoms with Gasteiger partial charge in [-0.15, -0.1) is 0 Å². The van der Waals surface area contributed by atoms with Crippen molar-refractivity contribution in [3.63, 3.8) is 0 Å². The Morgan fingerprint density at radius 3 is 2.39 bits per heavy atom. The van der Waals surface area contributed by atoms with Crippen LogP contribution in [0.3, 0.4) is 0 Å². The van der Waals surface area contributed by atoms with E-state index in [2.05, 4.69) is 11.9 Å². The first-order valence-corrected chi connectivity index (χ1v) is 6.06. The van der Waals surface area contributed by atoms with Gasteiger partial charge in [0.1, 0.15) is 6.54 Å². The topological polar surface area (TPSA) is 66.4 Å². The number of rotatable bonds is 8. The van der Waals surface area contributed by atoms with Crippen LogP contribution in [-0.2, 0) is 9.59 Å². The number of quaternary nitrogens is 1. The summed E-state index contributed by atoms with van der Waals surface area (Å²) in [6.45, 7) is 8.82. The summed E-state index contributed by atoms with van der Waals surface area (Å²) in [6, 6.07) is 0. The molecule has 5 heteroatoms. The molecule has 1 amide bonds. The van der Waals surface area contributed by atoms with Crippen LogP contribution in [-0.4, -0.2) is 54.2 Å². The summed E-state index contributed by atoms with van der Waals surface area (Å²) in [6.07, 6.45) is 2.07. The normalized spacial score (nSPS) is 12.0. The molecule has 0 aliphatic heterocycles. The zero-order valence-electron chi connectivity index (χ0n) is 11.8. The van der Waals surface area contributed by atoms with E-state index in [1.165, 1.54) is 6.08 Å². The van der Waals surface area contributed by atoms with Crippen molar-refractivity contribution < 1.29 is 19.2 Å². The van der Waals surface area contributed by atoms with Crippen molar-refractivity contribution >= 4 is 11.9 Å². The highest BCUT2D eigenvalue weighted by atomic mass is 16.4. The van der Waals surface area contributed by atoms with Gasteiger partial charge in [-0.2, -0.15) is 0 Å². The molecule has 0 bridgehead atoms. The average molecular weight is 257 g/mol. The highest BCUT2D eigenvalue weighted by Crippen LogP contribution is 2.11. The standard InChI is InChI=1S/C13H24N2O3/c1-6-11(16)14-13(2,3)10-15(4,5)9-7-8-12(17)18/h6H,1,7-10H2,2-5H3,(H-,14,16,17,18)/p+1. The van der Waals surface area contributed by atoms with Gasteiger partial charge in [0.15, 0.2) is 0 Å². The lowest BCUT2D eigenvalue weighted by molar-refractivity contribution is -0.893. The second-order valence-electron chi connectivity index (χ2n) is 5.89. The van der Waals surface area contributed by atoms with Crippen molar-refractivity contribution in [1.29, 1.82) is 0 Å². The molecule has 0 fully saturated rings. The SMILES string of the molecule is C=CC(=O)NC(C)(C)C[N+](C)(C)CCCC(=O)O. The maximum atomic E-state index is 11.3. The van der Waals surface area contributed by atoms with Crippen molar-refractivity contribution in [3.05, 3.63) is 12.7 Å². The molecule has 2 N–H and O–H groups in total. The molecule has 0 spiro atoms. The summed E-state index contributed by atoms with van der Waals surface area (Å²) in [5, 5.41) is 11.5. The summed E-state index contributed by atoms with van der Waals surface area (Å²) >= 11 is 0. The Hall–Kier alpha value is -1.36. The number of aliphatic carboxylic acids is 1. The van der Waals surface area contributed by atoms with Gasteiger partial charge in [0.05, 0.1) is 32.6 Å². The van der Waals surface area contributed by atoms with E-state index in [4.69, 9.17) is 5.11 Å². The molecule has 0 saturated heterocycles. The Kier molecular flexibility index (Phi) is 6.05. The van der Waals surface area contributed by atoms with E-state index in [0.717, 1.165) is 13.1 Å². The molecule has 0 aliphatic rings. The molecule has 0 atom stereocenters. The number of nitrogens with zero attached hydrogens (tertiary/aromatic N) is 1. The van der Waals surface area contributed by atoms with E-state index in [9.17, 15) is 9.59 Å². The second-order valence-corrected chi connectivity index (χ2v) is 5.89. The van der Waals surface area contributed by atoms with Gasteiger partial charge in [0, 0.05) is 6.42 Å². The van der Waals surface area contributed by atoms with Crippen molar-refractivity contribution in [3.8, 4) is 0 Å². The number of carbonyl (C=O) groups excluding carboxylic acids is 1. The van der Waals surface area contributed by atoms with Crippen LogP contribution in [0.15, 0.2) is 12.7 Å². The molecule has 0 aliphatic carbocycles. The summed E-state index contributed by atoms with van der Waals surface area (Å²) in [7, 11) is 4.06. The first-order chi connectivity index (χ1) is 8.08. The second kappa shape index (κ2) is 6.54. The van der Waals surface area contributed by atoms with Crippen LogP contribution in [0.1, 0.15) is 26.7 Å². The lowest BCUT2D eigenvalue weighted by atomic mass is 10.0. The predicted octanol–water partition coefficient (Wildman–Crippen LogP) is 1.01. The minimum atomic E-state index is -0.769. The molecule has 5 nitrogen and oxygen atoms in total. The molecular formula is C13H25N2O3+. The summed E-state index contributed by atoms with van der Waals surface area (Å²) in [5.74, 6) is -0.959. The molecule has 0 rings (SSSR count). The van der Waals surface area contributed by atoms with Gasteiger partial charge in [-0.05, 0) is 19.9 Å². The Morgan fingerprint density at radius 1 is 1.39 bits per heavy atom. The summed E-state index contributed by atoms with van der Waals surface area (Å²) < 4.78 is 0.664. The smallest absolute Gasteiger partial charge is 0.303 e. The lowest BCUT2D eigenvalue weighted by Crippen LogP contribution is -2.57. The summed E-state index contributed by atoms with van der Waals surface area (Å²) in [4.78, 5) is 21.8. The van der Waals surface area contributed by atoms with Gasteiger partial charge in [-0.1, -0.05) is 6.58 Å². The minimum absolute atomic E-state index is 0.182. The average Bonchev–Trinajstić information content (AvgIpc) is 2.13. The van der Waals surface area contributed by atoms with E-state index in [0.29, 0.717) is 10.9 Å². The van der Waals surface area contributed by atoms with E-state index >= 15 is 0 Å². The van der Waals surface area contributed by atoms with Gasteiger partial charge >= 0.3 is 5.97 Å². The monoisotopic (exact) mass is 257 g/mol. The number of carboxylic acids is 1. The van der Waals surface area contributed by atoms with Gasteiger partial charge in [0.2, 0.25) is 5.91 Å². The largest absolute Gasteiger partial charge is 0.481 e. The van der Waals surface area contributed by atoms with Gasteiger partial charge in [-0.25, -0.2) is 0 Å². The third-order valence-electron chi connectivity index (χ3n) is 2.62. The fraction of sp³-hybridized carbons (Fsp3) is 0.692. The predicted molar refractivity (Wildman–Crippen MR) is 71.1 cm³/mol. The van der Waals surface area contributed by atoms with Crippen LogP contribution in [0.5, 0.6) is 0 Å². The molecule has 0 saturated carbocycles. The van der Waals surface area contributed by atoms with Crippen molar-refractivity contribution in [2.75, 3.05) is 27.2 Å². The molecule has 0 aromatic heterocycles. The molecule has 0 radical (unpaired) electrons. The van der Waals surface area contributed by atoms with Crippen LogP contribution in [0.2, 0.25) is 0 Å². The van der Waals surface area contributed by atoms with E-state index in [1.54, 1.807) is 0 Å². The van der Waals surface area contributed by atoms with Gasteiger partial charge in [-0.3, -0.25) is 9.59 Å². The Balaban J connectivity index is 4.31. The Labute approximate surface area is 109 Å². The third kappa shape index (κ3) is 7.84. The molecular weight excluding hydrogens is 232 g/mol. The van der Waals surface area contributed by atoms with Crippen LogP contribution in [0, 0.1) is 0 Å². The molecule has 0 unspecified atom stereocenters. The van der Waals surface area contributed by atoms with Crippen molar-refractivity contribution in [1.82, 2.24) is 5.32 Å². The van der Waals surface area contributed by atoms with Crippen molar-refractivity contribution in [2.45, 2.75) is 32.2 Å². The lowest BCUT2D eigenvalue weighted by Gasteiger charge is -2.37. The molecule has 18 heavy (non-hydrogen) atoms. The molecule has 104 valence electrons. The fourth-order valence-corrected chi connectivity index (χ4v) is 2.23. The number of likely N-dealkylation sites (N-methyl/N-ethyl adjacent to an activating group) is 1. The van der Waals surface area contributed by atoms with E-state index in [1.807, 2.05) is 27.9 Å². The number of hydrogen-bond donors (Lipinski definition) is 2. The maximum Gasteiger partial charge on any atom is 0.303 e. The Bertz CT molecular complexity index is 322. The molecule has 0 aromatic rings. The highest BCUT2D eigenvalue weighted by Gasteiger charge is 2.29. The first-order valence-electron chi connectivity index (χ1n) is 6.06. The quantitative estimate of drug-likeness (QED) is 0.504. The number of carboxylic acid groups (broad SMARTS) is 1. The van der Waals surface area contributed by atoms with Crippen LogP contribution in [0.25, 0.3) is 0 Å². The number of carbonyl (C=O) groups is 2. The number of nitrogens with one attached hydrogen (secondary N) is 1. The minimum Gasteiger partial charge on any atom is -0.481 e. The van der Waals surface area contributed by atoms with E-state index in [-0.39, 0.29) is 17.9 Å². The zero-order chi connectivity index (χ0) is 14.4. The van der Waals surface area contributed by atoms with Crippen LogP contribution >= 0.6 is 0 Å². The number of hydrogen-bond acceptors (Lipinski definition) is 2. The highest BCUT2D eigenvalue weighted by molar-refractivity contribution is 5.87. The van der Waals surface area contributed by atoms with E-state index < -0.39 is 5.97 Å². The molecule has 0 aromatic carbocycles. The first kappa shape index (κ1) is 16.6. The zero-order valence-corrected chi connectivity index (χ0v) is 11.8. The van der Waals surface area contributed by atoms with Crippen LogP contribution in [0.4, 0.5) is 0 Å². The van der Waals surface area contributed by atoms with Crippen LogP contribution < -0.4 is 5.32 Å². The third-order valence-corrected chi connectivity index (χ3v) is 2.62. The van der Waals surface area contributed by atoms with Gasteiger partial charge in [0.25, 0.3) is 0 Å². The van der Waals surface area contributed by atoms with Gasteiger partial charge < -0.3 is 14.9 Å². The molecule has 0 heterocycles. The maximum absolute atomic E-state index is 11.3. The number of amides is 1. The Morgan fingerprint density at radius 2 is 1.94 bits per heavy atom. The van der Waals surface area contributed by atoms with Crippen molar-refractivity contribution in [2.24, 2.45) is 0 Å². The summed E-state index contributed by atoms with van der Waals surface area (Å²) in [5.41, 5.74) is -0.349. The fourth-order valence-electron chi connectivity index (χ4n) is 2.23.